The van der Waals surface area contributed by atoms with Crippen LogP contribution in [0.2, 0.25) is 0 Å². The number of fused-ring (bicyclic) bond motifs is 7. The van der Waals surface area contributed by atoms with E-state index in [9.17, 15) is 0 Å². The molecule has 1 aromatic heterocycles. The predicted molar refractivity (Wildman–Crippen MR) is 241 cm³/mol. The van der Waals surface area contributed by atoms with Crippen molar-refractivity contribution >= 4 is 49.6 Å². The van der Waals surface area contributed by atoms with Crippen LogP contribution in [0.3, 0.4) is 0 Å². The fourth-order valence-electron chi connectivity index (χ4n) is 9.58. The maximum absolute atomic E-state index is 2.46. The van der Waals surface area contributed by atoms with Gasteiger partial charge in [-0.3, -0.25) is 0 Å². The molecule has 1 heterocycles. The minimum atomic E-state index is -0.168. The van der Waals surface area contributed by atoms with Gasteiger partial charge in [-0.2, -0.15) is 0 Å². The van der Waals surface area contributed by atoms with E-state index in [1.165, 1.54) is 88.5 Å². The molecule has 2 nitrogen and oxygen atoms in total. The Labute approximate surface area is 333 Å². The Hall–Kier alpha value is -7.16. The molecule has 57 heavy (non-hydrogen) atoms. The molecule has 0 unspecified atom stereocenters. The van der Waals surface area contributed by atoms with E-state index in [4.69, 9.17) is 0 Å². The summed E-state index contributed by atoms with van der Waals surface area (Å²) < 4.78 is 2.45. The average molecular weight is 729 g/mol. The molecule has 1 aliphatic carbocycles. The molecule has 0 aliphatic heterocycles. The van der Waals surface area contributed by atoms with Gasteiger partial charge < -0.3 is 9.47 Å². The summed E-state index contributed by atoms with van der Waals surface area (Å²) in [6.45, 7) is 4.74. The summed E-state index contributed by atoms with van der Waals surface area (Å²) in [7, 11) is 0. The quantitative estimate of drug-likeness (QED) is 0.165. The van der Waals surface area contributed by atoms with Crippen molar-refractivity contribution in [2.24, 2.45) is 0 Å². The van der Waals surface area contributed by atoms with Gasteiger partial charge in [0.05, 0.1) is 22.4 Å². The summed E-state index contributed by atoms with van der Waals surface area (Å²) in [4.78, 5) is 2.46. The molecule has 0 saturated carbocycles. The molecule has 0 N–H and O–H groups in total. The predicted octanol–water partition coefficient (Wildman–Crippen LogP) is 15.0. The second-order valence-electron chi connectivity index (χ2n) is 15.7. The van der Waals surface area contributed by atoms with Crippen molar-refractivity contribution in [2.45, 2.75) is 19.3 Å². The van der Waals surface area contributed by atoms with E-state index >= 15 is 0 Å². The van der Waals surface area contributed by atoms with Crippen LogP contribution in [0.4, 0.5) is 17.1 Å². The van der Waals surface area contributed by atoms with E-state index < -0.39 is 0 Å². The molecular weight excluding hydrogens is 689 g/mol. The van der Waals surface area contributed by atoms with E-state index in [2.05, 4.69) is 230 Å². The summed E-state index contributed by atoms with van der Waals surface area (Å²) in [5.74, 6) is 0. The molecule has 10 aromatic rings. The zero-order chi connectivity index (χ0) is 38.1. The van der Waals surface area contributed by atoms with Gasteiger partial charge in [0.2, 0.25) is 0 Å². The van der Waals surface area contributed by atoms with Crippen LogP contribution in [0.15, 0.2) is 206 Å². The number of hydrogen-bond donors (Lipinski definition) is 0. The first kappa shape index (κ1) is 33.2. The van der Waals surface area contributed by atoms with Crippen LogP contribution in [0.25, 0.3) is 71.6 Å². The van der Waals surface area contributed by atoms with Crippen LogP contribution in [0.5, 0.6) is 0 Å². The molecule has 0 spiro atoms. The fraction of sp³-hybridized carbons (Fsp3) is 0.0545. The number of aromatic nitrogens is 1. The van der Waals surface area contributed by atoms with Crippen LogP contribution >= 0.6 is 0 Å². The van der Waals surface area contributed by atoms with Crippen molar-refractivity contribution < 1.29 is 0 Å². The number of anilines is 3. The summed E-state index contributed by atoms with van der Waals surface area (Å²) in [5.41, 5.74) is 17.1. The van der Waals surface area contributed by atoms with Crippen molar-refractivity contribution in [1.82, 2.24) is 4.57 Å². The summed E-state index contributed by atoms with van der Waals surface area (Å²) in [5, 5.41) is 5.00. The lowest BCUT2D eigenvalue weighted by atomic mass is 9.81. The van der Waals surface area contributed by atoms with Crippen LogP contribution in [0, 0.1) is 0 Å². The highest BCUT2D eigenvalue weighted by atomic mass is 15.1. The van der Waals surface area contributed by atoms with E-state index in [1.807, 2.05) is 0 Å². The maximum atomic E-state index is 2.46. The molecule has 0 saturated heterocycles. The van der Waals surface area contributed by atoms with Gasteiger partial charge in [-0.15, -0.1) is 0 Å². The first-order chi connectivity index (χ1) is 28.1. The molecule has 270 valence electrons. The largest absolute Gasteiger partial charge is 0.310 e. The maximum Gasteiger partial charge on any atom is 0.0547 e. The topological polar surface area (TPSA) is 8.17 Å². The van der Waals surface area contributed by atoms with Gasteiger partial charge in [0.1, 0.15) is 0 Å². The van der Waals surface area contributed by atoms with E-state index in [0.717, 1.165) is 11.4 Å². The molecule has 1 aliphatic rings. The third-order valence-corrected chi connectivity index (χ3v) is 12.2. The Bertz CT molecular complexity index is 3130. The standard InChI is InChI=1S/C55H40N2/c1-55(2)48-24-10-8-20-45(48)46-23-14-28-52(54(46)55)56(41-33-29-38(30-34-41)37-15-4-3-5-16-37)42-35-31-40(32-36-42)44-22-13-27-51-53(44)47-21-9-11-25-50(47)57(51)49-26-12-18-39-17-6-7-19-43(39)49/h3-36H,1-2H3. The summed E-state index contributed by atoms with van der Waals surface area (Å²) >= 11 is 0. The highest BCUT2D eigenvalue weighted by Crippen LogP contribution is 2.54. The van der Waals surface area contributed by atoms with E-state index in [0.29, 0.717) is 0 Å². The zero-order valence-corrected chi connectivity index (χ0v) is 32.0. The number of rotatable bonds is 6. The molecule has 9 aromatic carbocycles. The third-order valence-electron chi connectivity index (χ3n) is 12.2. The lowest BCUT2D eigenvalue weighted by molar-refractivity contribution is 0.661. The van der Waals surface area contributed by atoms with Crippen molar-refractivity contribution in [3.05, 3.63) is 217 Å². The van der Waals surface area contributed by atoms with Crippen LogP contribution in [0.1, 0.15) is 25.0 Å². The molecule has 0 amide bonds. The Kier molecular flexibility index (Phi) is 7.55. The Morgan fingerprint density at radius 2 is 0.965 bits per heavy atom. The highest BCUT2D eigenvalue weighted by molar-refractivity contribution is 6.16. The average Bonchev–Trinajstić information content (AvgIpc) is 3.73. The monoisotopic (exact) mass is 728 g/mol. The second-order valence-corrected chi connectivity index (χ2v) is 15.7. The number of benzene rings is 9. The number of nitrogens with zero attached hydrogens (tertiary/aromatic N) is 2. The Balaban J connectivity index is 1.08. The van der Waals surface area contributed by atoms with E-state index in [1.54, 1.807) is 0 Å². The summed E-state index contributed by atoms with van der Waals surface area (Å²) in [6.07, 6.45) is 0. The van der Waals surface area contributed by atoms with E-state index in [-0.39, 0.29) is 5.41 Å². The van der Waals surface area contributed by atoms with Gasteiger partial charge in [-0.25, -0.2) is 0 Å². The first-order valence-electron chi connectivity index (χ1n) is 19.9. The summed E-state index contributed by atoms with van der Waals surface area (Å²) in [6, 6.07) is 75.5. The molecular formula is C55H40N2. The van der Waals surface area contributed by atoms with Gasteiger partial charge in [0.25, 0.3) is 0 Å². The molecule has 0 bridgehead atoms. The Morgan fingerprint density at radius 3 is 1.77 bits per heavy atom. The van der Waals surface area contributed by atoms with Crippen molar-refractivity contribution in [3.63, 3.8) is 0 Å². The van der Waals surface area contributed by atoms with Crippen LogP contribution in [-0.2, 0) is 5.41 Å². The number of para-hydroxylation sites is 1. The van der Waals surface area contributed by atoms with Crippen molar-refractivity contribution in [1.29, 1.82) is 0 Å². The van der Waals surface area contributed by atoms with Crippen molar-refractivity contribution in [2.75, 3.05) is 4.90 Å². The van der Waals surface area contributed by atoms with Gasteiger partial charge in [-0.1, -0.05) is 172 Å². The first-order valence-corrected chi connectivity index (χ1v) is 19.9. The van der Waals surface area contributed by atoms with Crippen molar-refractivity contribution in [3.8, 4) is 39.1 Å². The van der Waals surface area contributed by atoms with Crippen LogP contribution in [-0.4, -0.2) is 4.57 Å². The molecule has 0 fully saturated rings. The third kappa shape index (κ3) is 5.18. The second kappa shape index (κ2) is 13.0. The van der Waals surface area contributed by atoms with Gasteiger partial charge in [0.15, 0.2) is 0 Å². The van der Waals surface area contributed by atoms with Crippen LogP contribution < -0.4 is 4.90 Å². The molecule has 11 rings (SSSR count). The van der Waals surface area contributed by atoms with Gasteiger partial charge in [0, 0.05) is 32.9 Å². The molecule has 2 heteroatoms. The van der Waals surface area contributed by atoms with Gasteiger partial charge >= 0.3 is 0 Å². The Morgan fingerprint density at radius 1 is 0.404 bits per heavy atom. The minimum absolute atomic E-state index is 0.168. The number of hydrogen-bond acceptors (Lipinski definition) is 1. The smallest absolute Gasteiger partial charge is 0.0547 e. The molecule has 0 radical (unpaired) electrons. The fourth-order valence-corrected chi connectivity index (χ4v) is 9.58. The SMILES string of the molecule is CC1(C)c2ccccc2-c2cccc(N(c3ccc(-c4ccccc4)cc3)c3ccc(-c4cccc5c4c4ccccc4n5-c4cccc5ccccc45)cc3)c21. The van der Waals surface area contributed by atoms with Gasteiger partial charge in [-0.05, 0) is 98.4 Å². The highest BCUT2D eigenvalue weighted by Gasteiger charge is 2.38. The lowest BCUT2D eigenvalue weighted by Gasteiger charge is -2.32. The zero-order valence-electron chi connectivity index (χ0n) is 32.0. The minimum Gasteiger partial charge on any atom is -0.310 e. The molecule has 0 atom stereocenters. The normalized spacial score (nSPS) is 12.9. The lowest BCUT2D eigenvalue weighted by Crippen LogP contribution is -2.20.